The van der Waals surface area contributed by atoms with Crippen LogP contribution < -0.4 is 5.32 Å². The van der Waals surface area contributed by atoms with Crippen LogP contribution in [-0.2, 0) is 10.0 Å². The molecule has 1 rings (SSSR count). The van der Waals surface area contributed by atoms with Crippen molar-refractivity contribution in [2.24, 2.45) is 0 Å². The minimum atomic E-state index is -3.54. The van der Waals surface area contributed by atoms with Gasteiger partial charge in [0.1, 0.15) is 5.82 Å². The Labute approximate surface area is 108 Å². The highest BCUT2D eigenvalue weighted by molar-refractivity contribution is 7.89. The first kappa shape index (κ1) is 15.1. The lowest BCUT2D eigenvalue weighted by Gasteiger charge is -2.21. The maximum absolute atomic E-state index is 13.0. The monoisotopic (exact) mass is 274 g/mol. The first-order valence-electron chi connectivity index (χ1n) is 5.84. The maximum Gasteiger partial charge on any atom is 0.243 e. The van der Waals surface area contributed by atoms with E-state index in [1.54, 1.807) is 20.9 Å². The van der Waals surface area contributed by atoms with Gasteiger partial charge < -0.3 is 5.32 Å². The molecule has 6 heteroatoms. The Hall–Kier alpha value is -0.980. The third kappa shape index (κ3) is 3.28. The molecule has 18 heavy (non-hydrogen) atoms. The van der Waals surface area contributed by atoms with E-state index in [-0.39, 0.29) is 4.90 Å². The molecule has 4 nitrogen and oxygen atoms in total. The van der Waals surface area contributed by atoms with Crippen LogP contribution in [0, 0.1) is 12.7 Å². The molecule has 0 atom stereocenters. The maximum atomic E-state index is 13.0. The number of nitrogens with zero attached hydrogens (tertiary/aromatic N) is 1. The third-order valence-electron chi connectivity index (χ3n) is 2.72. The number of hydrogen-bond donors (Lipinski definition) is 1. The van der Waals surface area contributed by atoms with Gasteiger partial charge in [-0.3, -0.25) is 0 Å². The fraction of sp³-hybridized carbons (Fsp3) is 0.500. The number of rotatable bonds is 6. The van der Waals surface area contributed by atoms with E-state index in [2.05, 4.69) is 5.32 Å². The minimum Gasteiger partial charge on any atom is -0.318 e. The molecule has 0 bridgehead atoms. The number of halogens is 1. The zero-order chi connectivity index (χ0) is 13.8. The van der Waals surface area contributed by atoms with Gasteiger partial charge in [0.15, 0.2) is 0 Å². The van der Waals surface area contributed by atoms with E-state index < -0.39 is 15.8 Å². The number of benzene rings is 1. The number of sulfonamides is 1. The van der Waals surface area contributed by atoms with Crippen LogP contribution in [0.3, 0.4) is 0 Å². The Morgan fingerprint density at radius 1 is 1.39 bits per heavy atom. The highest BCUT2D eigenvalue weighted by Crippen LogP contribution is 2.20. The standard InChI is InChI=1S/C12H19FN2O2S/c1-4-15(8-7-14-3)18(16,17)12-6-5-11(13)9-10(12)2/h5-6,9,14H,4,7-8H2,1-3H3. The lowest BCUT2D eigenvalue weighted by molar-refractivity contribution is 0.425. The number of hydrogen-bond acceptors (Lipinski definition) is 3. The Balaban J connectivity index is 3.10. The Bertz CT molecular complexity index is 503. The number of nitrogens with one attached hydrogen (secondary N) is 1. The van der Waals surface area contributed by atoms with Gasteiger partial charge in [-0.1, -0.05) is 6.92 Å². The summed E-state index contributed by atoms with van der Waals surface area (Å²) in [4.78, 5) is 0.168. The molecule has 0 heterocycles. The highest BCUT2D eigenvalue weighted by Gasteiger charge is 2.24. The summed E-state index contributed by atoms with van der Waals surface area (Å²) in [5.41, 5.74) is 0.429. The Morgan fingerprint density at radius 3 is 2.56 bits per heavy atom. The number of likely N-dealkylation sites (N-methyl/N-ethyl adjacent to an activating group) is 2. The number of aryl methyl sites for hydroxylation is 1. The van der Waals surface area contributed by atoms with Crippen molar-refractivity contribution in [2.45, 2.75) is 18.7 Å². The lowest BCUT2D eigenvalue weighted by Crippen LogP contribution is -2.36. The first-order chi connectivity index (χ1) is 8.43. The molecule has 0 fully saturated rings. The second-order valence-corrected chi connectivity index (χ2v) is 5.92. The van der Waals surface area contributed by atoms with Gasteiger partial charge in [0, 0.05) is 19.6 Å². The average molecular weight is 274 g/mol. The van der Waals surface area contributed by atoms with Gasteiger partial charge in [0.05, 0.1) is 4.90 Å². The van der Waals surface area contributed by atoms with E-state index in [1.807, 2.05) is 0 Å². The average Bonchev–Trinajstić information content (AvgIpc) is 2.29. The van der Waals surface area contributed by atoms with E-state index in [4.69, 9.17) is 0 Å². The van der Waals surface area contributed by atoms with E-state index in [9.17, 15) is 12.8 Å². The summed E-state index contributed by atoms with van der Waals surface area (Å²) in [6.45, 7) is 4.74. The molecule has 0 unspecified atom stereocenters. The predicted octanol–water partition coefficient (Wildman–Crippen LogP) is 1.36. The fourth-order valence-electron chi connectivity index (χ4n) is 1.73. The van der Waals surface area contributed by atoms with Crippen molar-refractivity contribution < 1.29 is 12.8 Å². The molecule has 0 saturated heterocycles. The van der Waals surface area contributed by atoms with Crippen LogP contribution in [-0.4, -0.2) is 39.4 Å². The summed E-state index contributed by atoms with van der Waals surface area (Å²) in [5.74, 6) is -0.426. The Kier molecular flexibility index (Phi) is 5.25. The van der Waals surface area contributed by atoms with E-state index >= 15 is 0 Å². The summed E-state index contributed by atoms with van der Waals surface area (Å²) >= 11 is 0. The van der Waals surface area contributed by atoms with Gasteiger partial charge in [-0.25, -0.2) is 12.8 Å². The molecule has 0 aliphatic heterocycles. The van der Waals surface area contributed by atoms with Crippen LogP contribution in [0.5, 0.6) is 0 Å². The molecule has 0 aliphatic rings. The van der Waals surface area contributed by atoms with Crippen LogP contribution in [0.15, 0.2) is 23.1 Å². The van der Waals surface area contributed by atoms with Crippen LogP contribution in [0.2, 0.25) is 0 Å². The van der Waals surface area contributed by atoms with Crippen LogP contribution in [0.4, 0.5) is 4.39 Å². The van der Waals surface area contributed by atoms with Gasteiger partial charge in [-0.2, -0.15) is 4.31 Å². The molecule has 102 valence electrons. The lowest BCUT2D eigenvalue weighted by atomic mass is 10.2. The van der Waals surface area contributed by atoms with E-state index in [0.717, 1.165) is 0 Å². The molecule has 0 aliphatic carbocycles. The molecule has 0 saturated carbocycles. The van der Waals surface area contributed by atoms with Crippen molar-refractivity contribution in [1.29, 1.82) is 0 Å². The Morgan fingerprint density at radius 2 is 2.06 bits per heavy atom. The quantitative estimate of drug-likeness (QED) is 0.852. The van der Waals surface area contributed by atoms with Crippen LogP contribution >= 0.6 is 0 Å². The molecule has 0 spiro atoms. The van der Waals surface area contributed by atoms with E-state index in [1.165, 1.54) is 22.5 Å². The normalized spacial score (nSPS) is 12.1. The van der Waals surface area contributed by atoms with Crippen LogP contribution in [0.1, 0.15) is 12.5 Å². The minimum absolute atomic E-state index is 0.168. The topological polar surface area (TPSA) is 49.4 Å². The van der Waals surface area contributed by atoms with Gasteiger partial charge >= 0.3 is 0 Å². The van der Waals surface area contributed by atoms with Gasteiger partial charge in [-0.05, 0) is 37.7 Å². The molecule has 1 aromatic carbocycles. The van der Waals surface area contributed by atoms with Gasteiger partial charge in [0.25, 0.3) is 0 Å². The molecule has 0 aromatic heterocycles. The molecule has 1 aromatic rings. The fourth-order valence-corrected chi connectivity index (χ4v) is 3.38. The second kappa shape index (κ2) is 6.26. The van der Waals surface area contributed by atoms with Crippen molar-refractivity contribution in [1.82, 2.24) is 9.62 Å². The third-order valence-corrected chi connectivity index (χ3v) is 4.85. The zero-order valence-electron chi connectivity index (χ0n) is 10.9. The summed E-state index contributed by atoms with van der Waals surface area (Å²) < 4.78 is 39.1. The van der Waals surface area contributed by atoms with Crippen LogP contribution in [0.25, 0.3) is 0 Å². The largest absolute Gasteiger partial charge is 0.318 e. The highest BCUT2D eigenvalue weighted by atomic mass is 32.2. The first-order valence-corrected chi connectivity index (χ1v) is 7.28. The zero-order valence-corrected chi connectivity index (χ0v) is 11.7. The SMILES string of the molecule is CCN(CCNC)S(=O)(=O)c1ccc(F)cc1C. The van der Waals surface area contributed by atoms with Crippen molar-refractivity contribution in [3.05, 3.63) is 29.6 Å². The van der Waals surface area contributed by atoms with Crippen molar-refractivity contribution in [3.8, 4) is 0 Å². The van der Waals surface area contributed by atoms with Crippen molar-refractivity contribution >= 4 is 10.0 Å². The predicted molar refractivity (Wildman–Crippen MR) is 69.5 cm³/mol. The van der Waals surface area contributed by atoms with Gasteiger partial charge in [-0.15, -0.1) is 0 Å². The summed E-state index contributed by atoms with van der Waals surface area (Å²) in [6.07, 6.45) is 0. The van der Waals surface area contributed by atoms with Gasteiger partial charge in [0.2, 0.25) is 10.0 Å². The molecule has 1 N–H and O–H groups in total. The van der Waals surface area contributed by atoms with Crippen molar-refractivity contribution in [2.75, 3.05) is 26.7 Å². The summed E-state index contributed by atoms with van der Waals surface area (Å²) in [5, 5.41) is 2.91. The summed E-state index contributed by atoms with van der Waals surface area (Å²) in [7, 11) is -1.78. The second-order valence-electron chi connectivity index (χ2n) is 4.01. The van der Waals surface area contributed by atoms with E-state index in [0.29, 0.717) is 25.2 Å². The molecular formula is C12H19FN2O2S. The molecule has 0 radical (unpaired) electrons. The summed E-state index contributed by atoms with van der Waals surface area (Å²) in [6, 6.07) is 3.73. The molecular weight excluding hydrogens is 255 g/mol. The molecule has 0 amide bonds. The smallest absolute Gasteiger partial charge is 0.243 e. The van der Waals surface area contributed by atoms with Crippen molar-refractivity contribution in [3.63, 3.8) is 0 Å².